The first-order valence-electron chi connectivity index (χ1n) is 10.6. The number of para-hydroxylation sites is 1. The standard InChI is InChI=1S/C24H32N2O/c1-3-5-7-11-17-26-22-13-10-9-12-20(22)21-18-19(15-16-23(21)26)25-24(27)14-8-6-4-2/h9-10,12-13,15-16,18H,3-8,11,14,17H2,1-2H3,(H,25,27). The van der Waals surface area contributed by atoms with Crippen molar-refractivity contribution in [2.75, 3.05) is 5.32 Å². The average molecular weight is 365 g/mol. The average Bonchev–Trinajstić information content (AvgIpc) is 2.99. The van der Waals surface area contributed by atoms with Gasteiger partial charge in [0.15, 0.2) is 0 Å². The zero-order valence-electron chi connectivity index (χ0n) is 16.8. The number of hydrogen-bond donors (Lipinski definition) is 1. The van der Waals surface area contributed by atoms with Gasteiger partial charge in [-0.15, -0.1) is 0 Å². The molecule has 0 radical (unpaired) electrons. The van der Waals surface area contributed by atoms with E-state index < -0.39 is 0 Å². The van der Waals surface area contributed by atoms with Crippen LogP contribution in [-0.2, 0) is 11.3 Å². The van der Waals surface area contributed by atoms with Crippen molar-refractivity contribution in [2.45, 2.75) is 71.8 Å². The van der Waals surface area contributed by atoms with E-state index in [1.807, 2.05) is 6.07 Å². The van der Waals surface area contributed by atoms with Crippen molar-refractivity contribution in [3.8, 4) is 0 Å². The summed E-state index contributed by atoms with van der Waals surface area (Å²) in [6.45, 7) is 5.45. The lowest BCUT2D eigenvalue weighted by atomic mass is 10.1. The van der Waals surface area contributed by atoms with Crippen LogP contribution in [0.4, 0.5) is 5.69 Å². The first-order valence-corrected chi connectivity index (χ1v) is 10.6. The van der Waals surface area contributed by atoms with Crippen molar-refractivity contribution in [1.82, 2.24) is 4.57 Å². The summed E-state index contributed by atoms with van der Waals surface area (Å²) in [5.41, 5.74) is 3.45. The first-order chi connectivity index (χ1) is 13.2. The van der Waals surface area contributed by atoms with Gasteiger partial charge in [-0.05, 0) is 37.1 Å². The smallest absolute Gasteiger partial charge is 0.224 e. The van der Waals surface area contributed by atoms with E-state index in [2.05, 4.69) is 60.1 Å². The highest BCUT2D eigenvalue weighted by atomic mass is 16.1. The van der Waals surface area contributed by atoms with Crippen LogP contribution >= 0.6 is 0 Å². The molecule has 1 heterocycles. The third-order valence-electron chi connectivity index (χ3n) is 5.30. The van der Waals surface area contributed by atoms with E-state index in [1.54, 1.807) is 0 Å². The lowest BCUT2D eigenvalue weighted by molar-refractivity contribution is -0.116. The van der Waals surface area contributed by atoms with Gasteiger partial charge in [-0.3, -0.25) is 4.79 Å². The van der Waals surface area contributed by atoms with Gasteiger partial charge in [0, 0.05) is 40.5 Å². The molecular formula is C24H32N2O. The van der Waals surface area contributed by atoms with Gasteiger partial charge in [0.1, 0.15) is 0 Å². The topological polar surface area (TPSA) is 34.0 Å². The molecule has 2 aromatic carbocycles. The maximum atomic E-state index is 12.2. The molecule has 3 nitrogen and oxygen atoms in total. The molecule has 0 aliphatic carbocycles. The molecule has 0 fully saturated rings. The predicted octanol–water partition coefficient (Wildman–Crippen LogP) is 6.89. The van der Waals surface area contributed by atoms with E-state index in [4.69, 9.17) is 0 Å². The summed E-state index contributed by atoms with van der Waals surface area (Å²) in [5.74, 6) is 0.117. The number of amides is 1. The SMILES string of the molecule is CCCCCCn1c2ccccc2c2cc(NC(=O)CCCCC)ccc21. The molecule has 144 valence electrons. The number of unbranched alkanes of at least 4 members (excludes halogenated alkanes) is 5. The summed E-state index contributed by atoms with van der Waals surface area (Å²) in [4.78, 5) is 12.2. The molecule has 0 aliphatic rings. The molecule has 0 unspecified atom stereocenters. The van der Waals surface area contributed by atoms with Gasteiger partial charge in [-0.1, -0.05) is 64.2 Å². The van der Waals surface area contributed by atoms with Gasteiger partial charge in [0.25, 0.3) is 0 Å². The van der Waals surface area contributed by atoms with E-state index in [0.717, 1.165) is 31.5 Å². The molecule has 0 atom stereocenters. The molecule has 27 heavy (non-hydrogen) atoms. The maximum Gasteiger partial charge on any atom is 0.224 e. The number of carbonyl (C=O) groups is 1. The predicted molar refractivity (Wildman–Crippen MR) is 116 cm³/mol. The first kappa shape index (κ1) is 19.5. The quantitative estimate of drug-likeness (QED) is 0.390. The Bertz CT molecular complexity index is 894. The molecule has 1 amide bonds. The molecule has 3 aromatic rings. The number of fused-ring (bicyclic) bond motifs is 3. The highest BCUT2D eigenvalue weighted by Crippen LogP contribution is 2.31. The minimum absolute atomic E-state index is 0.117. The van der Waals surface area contributed by atoms with E-state index in [1.165, 1.54) is 47.5 Å². The Morgan fingerprint density at radius 1 is 0.852 bits per heavy atom. The lowest BCUT2D eigenvalue weighted by Crippen LogP contribution is -2.10. The fraction of sp³-hybridized carbons (Fsp3) is 0.458. The van der Waals surface area contributed by atoms with E-state index in [9.17, 15) is 4.79 Å². The number of aromatic nitrogens is 1. The second-order valence-corrected chi connectivity index (χ2v) is 7.47. The summed E-state index contributed by atoms with van der Waals surface area (Å²) >= 11 is 0. The third-order valence-corrected chi connectivity index (χ3v) is 5.30. The van der Waals surface area contributed by atoms with Gasteiger partial charge in [0.05, 0.1) is 0 Å². The van der Waals surface area contributed by atoms with Gasteiger partial charge in [0.2, 0.25) is 5.91 Å². The molecule has 0 saturated heterocycles. The Hall–Kier alpha value is -2.29. The van der Waals surface area contributed by atoms with E-state index >= 15 is 0 Å². The molecule has 1 N–H and O–H groups in total. The van der Waals surface area contributed by atoms with Crippen LogP contribution < -0.4 is 5.32 Å². The number of nitrogens with one attached hydrogen (secondary N) is 1. The van der Waals surface area contributed by atoms with Crippen LogP contribution in [0.1, 0.15) is 65.2 Å². The van der Waals surface area contributed by atoms with E-state index in [-0.39, 0.29) is 5.91 Å². The summed E-state index contributed by atoms with van der Waals surface area (Å²) in [7, 11) is 0. The number of rotatable bonds is 10. The van der Waals surface area contributed by atoms with Crippen LogP contribution in [0.25, 0.3) is 21.8 Å². The molecule has 0 aliphatic heterocycles. The normalized spacial score (nSPS) is 11.3. The summed E-state index contributed by atoms with van der Waals surface area (Å²) < 4.78 is 2.44. The Morgan fingerprint density at radius 2 is 1.59 bits per heavy atom. The lowest BCUT2D eigenvalue weighted by Gasteiger charge is -2.08. The van der Waals surface area contributed by atoms with Crippen LogP contribution in [0, 0.1) is 0 Å². The molecular weight excluding hydrogens is 332 g/mol. The van der Waals surface area contributed by atoms with Crippen LogP contribution in [0.3, 0.4) is 0 Å². The van der Waals surface area contributed by atoms with Gasteiger partial charge >= 0.3 is 0 Å². The molecule has 1 aromatic heterocycles. The number of benzene rings is 2. The fourth-order valence-corrected chi connectivity index (χ4v) is 3.83. The summed E-state index contributed by atoms with van der Waals surface area (Å²) in [5, 5.41) is 5.58. The van der Waals surface area contributed by atoms with Gasteiger partial charge in [-0.2, -0.15) is 0 Å². The van der Waals surface area contributed by atoms with Crippen LogP contribution in [0.2, 0.25) is 0 Å². The van der Waals surface area contributed by atoms with Crippen molar-refractivity contribution in [1.29, 1.82) is 0 Å². The zero-order valence-corrected chi connectivity index (χ0v) is 16.8. The number of nitrogens with zero attached hydrogens (tertiary/aromatic N) is 1. The number of anilines is 1. The molecule has 0 saturated carbocycles. The minimum Gasteiger partial charge on any atom is -0.340 e. The van der Waals surface area contributed by atoms with E-state index in [0.29, 0.717) is 6.42 Å². The Kier molecular flexibility index (Phi) is 6.92. The van der Waals surface area contributed by atoms with Crippen LogP contribution in [0.5, 0.6) is 0 Å². The van der Waals surface area contributed by atoms with Crippen molar-refractivity contribution in [2.24, 2.45) is 0 Å². The second-order valence-electron chi connectivity index (χ2n) is 7.47. The van der Waals surface area contributed by atoms with Crippen molar-refractivity contribution in [3.05, 3.63) is 42.5 Å². The number of aryl methyl sites for hydroxylation is 1. The molecule has 0 bridgehead atoms. The van der Waals surface area contributed by atoms with Crippen molar-refractivity contribution in [3.63, 3.8) is 0 Å². The largest absolute Gasteiger partial charge is 0.340 e. The third kappa shape index (κ3) is 4.71. The Balaban J connectivity index is 1.85. The monoisotopic (exact) mass is 364 g/mol. The fourth-order valence-electron chi connectivity index (χ4n) is 3.83. The molecule has 3 rings (SSSR count). The maximum absolute atomic E-state index is 12.2. The number of hydrogen-bond acceptors (Lipinski definition) is 1. The van der Waals surface area contributed by atoms with Crippen LogP contribution in [0.15, 0.2) is 42.5 Å². The summed E-state index contributed by atoms with van der Waals surface area (Å²) in [6.07, 6.45) is 8.84. The van der Waals surface area contributed by atoms with Crippen LogP contribution in [-0.4, -0.2) is 10.5 Å². The van der Waals surface area contributed by atoms with Gasteiger partial charge < -0.3 is 9.88 Å². The van der Waals surface area contributed by atoms with Gasteiger partial charge in [-0.25, -0.2) is 0 Å². The molecule has 3 heteroatoms. The highest BCUT2D eigenvalue weighted by molar-refractivity contribution is 6.09. The zero-order chi connectivity index (χ0) is 19.1. The second kappa shape index (κ2) is 9.59. The molecule has 0 spiro atoms. The minimum atomic E-state index is 0.117. The Morgan fingerprint density at radius 3 is 2.41 bits per heavy atom. The van der Waals surface area contributed by atoms with Crippen molar-refractivity contribution >= 4 is 33.4 Å². The summed E-state index contributed by atoms with van der Waals surface area (Å²) in [6, 6.07) is 14.9. The Labute approximate surface area is 162 Å². The number of carbonyl (C=O) groups excluding carboxylic acids is 1. The van der Waals surface area contributed by atoms with Crippen molar-refractivity contribution < 1.29 is 4.79 Å². The highest BCUT2D eigenvalue weighted by Gasteiger charge is 2.11.